The normalized spacial score (nSPS) is 13.7. The topological polar surface area (TPSA) is 73.6 Å². The molecule has 0 aliphatic carbocycles. The van der Waals surface area contributed by atoms with Crippen molar-refractivity contribution >= 4 is 16.7 Å². The number of nitrogens with two attached hydrogens (primary N) is 1. The molecule has 0 fully saturated rings. The summed E-state index contributed by atoms with van der Waals surface area (Å²) in [5.41, 5.74) is 6.32. The van der Waals surface area contributed by atoms with E-state index in [9.17, 15) is 4.21 Å². The zero-order valence-electron chi connectivity index (χ0n) is 13.4. The van der Waals surface area contributed by atoms with Crippen molar-refractivity contribution in [2.24, 2.45) is 5.73 Å². The van der Waals surface area contributed by atoms with Gasteiger partial charge >= 0.3 is 0 Å². The van der Waals surface area contributed by atoms with Crippen molar-refractivity contribution in [2.75, 3.05) is 25.5 Å². The van der Waals surface area contributed by atoms with E-state index in [1.54, 1.807) is 13.2 Å². The van der Waals surface area contributed by atoms with Crippen LogP contribution in [0.3, 0.4) is 0 Å². The lowest BCUT2D eigenvalue weighted by Crippen LogP contribution is -2.14. The molecule has 1 aliphatic heterocycles. The number of anilines is 1. The predicted molar refractivity (Wildman–Crippen MR) is 93.4 cm³/mol. The Morgan fingerprint density at radius 3 is 2.61 bits per heavy atom. The van der Waals surface area contributed by atoms with Crippen LogP contribution in [-0.2, 0) is 17.4 Å². The van der Waals surface area contributed by atoms with E-state index >= 15 is 0 Å². The van der Waals surface area contributed by atoms with Crippen LogP contribution in [-0.4, -0.2) is 25.0 Å². The molecule has 0 saturated heterocycles. The van der Waals surface area contributed by atoms with Crippen LogP contribution in [0, 0.1) is 0 Å². The molecule has 0 radical (unpaired) electrons. The van der Waals surface area contributed by atoms with Crippen LogP contribution >= 0.6 is 0 Å². The van der Waals surface area contributed by atoms with Crippen LogP contribution in [0.4, 0.5) is 5.69 Å². The first-order chi connectivity index (χ1) is 11.3. The first-order valence-electron chi connectivity index (χ1n) is 7.43. The van der Waals surface area contributed by atoms with E-state index in [1.165, 1.54) is 7.05 Å². The maximum atomic E-state index is 12.6. The van der Waals surface area contributed by atoms with Crippen molar-refractivity contribution in [3.63, 3.8) is 0 Å². The molecule has 2 aromatic rings. The number of hydrogen-bond donors (Lipinski definition) is 2. The lowest BCUT2D eigenvalue weighted by Gasteiger charge is -2.22. The van der Waals surface area contributed by atoms with E-state index in [4.69, 9.17) is 9.47 Å². The SMILES string of the molecule is CN.COc1ccc(S(=O)Nc2ccccc2)c2c1CCCO2. The lowest BCUT2D eigenvalue weighted by atomic mass is 10.1. The van der Waals surface area contributed by atoms with Crippen molar-refractivity contribution in [1.29, 1.82) is 0 Å². The summed E-state index contributed by atoms with van der Waals surface area (Å²) in [5, 5.41) is 0. The van der Waals surface area contributed by atoms with E-state index in [1.807, 2.05) is 36.4 Å². The van der Waals surface area contributed by atoms with Crippen molar-refractivity contribution in [2.45, 2.75) is 17.7 Å². The lowest BCUT2D eigenvalue weighted by molar-refractivity contribution is 0.275. The largest absolute Gasteiger partial charge is 0.496 e. The molecule has 3 N–H and O–H groups in total. The van der Waals surface area contributed by atoms with Crippen molar-refractivity contribution in [1.82, 2.24) is 0 Å². The zero-order valence-corrected chi connectivity index (χ0v) is 14.2. The van der Waals surface area contributed by atoms with Crippen LogP contribution in [0.15, 0.2) is 47.4 Å². The molecular weight excluding hydrogens is 312 g/mol. The van der Waals surface area contributed by atoms with E-state index < -0.39 is 11.0 Å². The van der Waals surface area contributed by atoms with E-state index in [2.05, 4.69) is 10.5 Å². The number of benzene rings is 2. The molecule has 2 aromatic carbocycles. The van der Waals surface area contributed by atoms with Crippen molar-refractivity contribution in [3.05, 3.63) is 48.0 Å². The second-order valence-electron chi connectivity index (χ2n) is 4.76. The minimum atomic E-state index is -1.36. The molecule has 0 spiro atoms. The van der Waals surface area contributed by atoms with Gasteiger partial charge in [-0.05, 0) is 44.2 Å². The summed E-state index contributed by atoms with van der Waals surface area (Å²) in [7, 11) is 1.78. The Labute approximate surface area is 139 Å². The molecule has 1 atom stereocenters. The fourth-order valence-electron chi connectivity index (χ4n) is 2.41. The highest BCUT2D eigenvalue weighted by molar-refractivity contribution is 7.86. The molecule has 0 amide bonds. The molecule has 1 unspecified atom stereocenters. The molecule has 124 valence electrons. The number of hydrogen-bond acceptors (Lipinski definition) is 4. The number of methoxy groups -OCH3 is 1. The zero-order chi connectivity index (χ0) is 16.7. The van der Waals surface area contributed by atoms with Gasteiger partial charge in [-0.15, -0.1) is 0 Å². The number of ether oxygens (including phenoxy) is 2. The average molecular weight is 334 g/mol. The highest BCUT2D eigenvalue weighted by atomic mass is 32.2. The standard InChI is InChI=1S/C16H17NO3S.CH5N/c1-19-14-9-10-15(16-13(14)8-5-11-20-16)21(18)17-12-6-3-2-4-7-12;1-2/h2-4,6-7,9-10,17H,5,8,11H2,1H3;2H2,1H3. The van der Waals surface area contributed by atoms with Crippen LogP contribution < -0.4 is 19.9 Å². The van der Waals surface area contributed by atoms with E-state index in [-0.39, 0.29) is 0 Å². The van der Waals surface area contributed by atoms with Gasteiger partial charge in [0, 0.05) is 11.3 Å². The summed E-state index contributed by atoms with van der Waals surface area (Å²) in [6.07, 6.45) is 1.83. The Balaban J connectivity index is 0.000000924. The number of fused-ring (bicyclic) bond motifs is 1. The summed E-state index contributed by atoms with van der Waals surface area (Å²) in [5.74, 6) is 1.49. The maximum absolute atomic E-state index is 12.6. The third-order valence-electron chi connectivity index (χ3n) is 3.40. The third-order valence-corrected chi connectivity index (χ3v) is 4.54. The first-order valence-corrected chi connectivity index (χ1v) is 8.58. The van der Waals surface area contributed by atoms with Crippen molar-refractivity contribution in [3.8, 4) is 11.5 Å². The van der Waals surface area contributed by atoms with Crippen LogP contribution in [0.2, 0.25) is 0 Å². The molecule has 0 saturated carbocycles. The van der Waals surface area contributed by atoms with Gasteiger partial charge in [-0.3, -0.25) is 0 Å². The van der Waals surface area contributed by atoms with Crippen LogP contribution in [0.25, 0.3) is 0 Å². The molecule has 3 rings (SSSR count). The Hall–Kier alpha value is -2.05. The number of para-hydroxylation sites is 1. The average Bonchev–Trinajstić information content (AvgIpc) is 2.63. The predicted octanol–water partition coefficient (Wildman–Crippen LogP) is 2.73. The Morgan fingerprint density at radius 2 is 1.91 bits per heavy atom. The number of nitrogens with one attached hydrogen (secondary N) is 1. The smallest absolute Gasteiger partial charge is 0.154 e. The van der Waals surface area contributed by atoms with Gasteiger partial charge in [-0.2, -0.15) is 0 Å². The second-order valence-corrected chi connectivity index (χ2v) is 5.94. The molecular formula is C17H22N2O3S. The van der Waals surface area contributed by atoms with Gasteiger partial charge in [0.25, 0.3) is 0 Å². The fourth-order valence-corrected chi connectivity index (χ4v) is 3.41. The third kappa shape index (κ3) is 4.03. The molecule has 0 aromatic heterocycles. The molecule has 6 heteroatoms. The van der Waals surface area contributed by atoms with Gasteiger partial charge < -0.3 is 19.9 Å². The Kier molecular flexibility index (Phi) is 6.43. The monoisotopic (exact) mass is 334 g/mol. The fraction of sp³-hybridized carbons (Fsp3) is 0.294. The minimum Gasteiger partial charge on any atom is -0.496 e. The highest BCUT2D eigenvalue weighted by Gasteiger charge is 2.22. The van der Waals surface area contributed by atoms with Gasteiger partial charge in [0.2, 0.25) is 0 Å². The van der Waals surface area contributed by atoms with E-state index in [0.29, 0.717) is 17.3 Å². The van der Waals surface area contributed by atoms with Gasteiger partial charge in [-0.25, -0.2) is 4.21 Å². The highest BCUT2D eigenvalue weighted by Crippen LogP contribution is 2.37. The molecule has 23 heavy (non-hydrogen) atoms. The minimum absolute atomic E-state index is 0.649. The Morgan fingerprint density at radius 1 is 1.17 bits per heavy atom. The Bertz CT molecular complexity index is 662. The van der Waals surface area contributed by atoms with Gasteiger partial charge in [0.1, 0.15) is 16.4 Å². The van der Waals surface area contributed by atoms with Crippen molar-refractivity contribution < 1.29 is 13.7 Å². The van der Waals surface area contributed by atoms with Gasteiger partial charge in [0.05, 0.1) is 13.7 Å². The molecule has 1 heterocycles. The summed E-state index contributed by atoms with van der Waals surface area (Å²) in [6.45, 7) is 0.649. The maximum Gasteiger partial charge on any atom is 0.154 e. The first kappa shape index (κ1) is 17.3. The summed E-state index contributed by atoms with van der Waals surface area (Å²) < 4.78 is 26.7. The molecule has 0 bridgehead atoms. The second kappa shape index (κ2) is 8.55. The molecule has 5 nitrogen and oxygen atoms in total. The van der Waals surface area contributed by atoms with Gasteiger partial charge in [-0.1, -0.05) is 18.2 Å². The van der Waals surface area contributed by atoms with Gasteiger partial charge in [0.15, 0.2) is 11.0 Å². The number of rotatable bonds is 4. The summed E-state index contributed by atoms with van der Waals surface area (Å²) in [4.78, 5) is 0.661. The molecule has 1 aliphatic rings. The van der Waals surface area contributed by atoms with Crippen LogP contribution in [0.1, 0.15) is 12.0 Å². The quantitative estimate of drug-likeness (QED) is 0.902. The summed E-state index contributed by atoms with van der Waals surface area (Å²) in [6, 6.07) is 13.2. The van der Waals surface area contributed by atoms with E-state index in [0.717, 1.165) is 29.8 Å². The summed E-state index contributed by atoms with van der Waals surface area (Å²) >= 11 is 0. The van der Waals surface area contributed by atoms with Crippen LogP contribution in [0.5, 0.6) is 11.5 Å².